The third kappa shape index (κ3) is 4.98. The van der Waals surface area contributed by atoms with Crippen LogP contribution in [0.4, 0.5) is 15.8 Å². The van der Waals surface area contributed by atoms with Crippen LogP contribution in [0.2, 0.25) is 0 Å². The number of benzene rings is 2. The van der Waals surface area contributed by atoms with Crippen molar-refractivity contribution in [3.63, 3.8) is 0 Å². The first-order chi connectivity index (χ1) is 16.1. The van der Waals surface area contributed by atoms with Crippen LogP contribution in [0.1, 0.15) is 60.9 Å². The first-order valence-corrected chi connectivity index (χ1v) is 11.4. The van der Waals surface area contributed by atoms with Crippen LogP contribution in [-0.4, -0.2) is 26.4 Å². The van der Waals surface area contributed by atoms with E-state index in [0.29, 0.717) is 23.6 Å². The van der Waals surface area contributed by atoms with Crippen LogP contribution in [0.25, 0.3) is 5.69 Å². The summed E-state index contributed by atoms with van der Waals surface area (Å²) in [6, 6.07) is 6.09. The molecule has 8 nitrogen and oxygen atoms in total. The van der Waals surface area contributed by atoms with Gasteiger partial charge in [-0.25, -0.2) is 9.18 Å². The van der Waals surface area contributed by atoms with Gasteiger partial charge in [0.15, 0.2) is 0 Å². The van der Waals surface area contributed by atoms with E-state index >= 15 is 4.39 Å². The van der Waals surface area contributed by atoms with E-state index in [1.807, 2.05) is 40.7 Å². The standard InChI is InChI=1S/C25H32FN5O3/c1-7-9-16(5)34-21-13-20(31-25(33)30(6)22(8-2)29-31)18(26)12-17(21)24(32)28-23-15(4)10-14(3)11-19(23)27/h10-13,16H,7-9,27H2,1-6H3,(H,28,32)/t16-/m0/s1. The molecule has 0 radical (unpaired) electrons. The molecule has 0 aliphatic rings. The van der Waals surface area contributed by atoms with Crippen molar-refractivity contribution in [2.45, 2.75) is 60.0 Å². The van der Waals surface area contributed by atoms with E-state index in [9.17, 15) is 9.59 Å². The van der Waals surface area contributed by atoms with Crippen LogP contribution in [0.5, 0.6) is 5.75 Å². The van der Waals surface area contributed by atoms with Gasteiger partial charge in [0.2, 0.25) is 0 Å². The van der Waals surface area contributed by atoms with Crippen molar-refractivity contribution in [2.24, 2.45) is 7.05 Å². The normalized spacial score (nSPS) is 12.0. The molecule has 9 heteroatoms. The summed E-state index contributed by atoms with van der Waals surface area (Å²) in [5.74, 6) is -0.658. The number of amides is 1. The molecule has 3 rings (SSSR count). The third-order valence-corrected chi connectivity index (χ3v) is 5.68. The number of nitrogens with one attached hydrogen (secondary N) is 1. The zero-order valence-electron chi connectivity index (χ0n) is 20.5. The fourth-order valence-corrected chi connectivity index (χ4v) is 3.96. The molecule has 0 fully saturated rings. The van der Waals surface area contributed by atoms with Crippen LogP contribution < -0.4 is 21.5 Å². The first-order valence-electron chi connectivity index (χ1n) is 11.4. The predicted octanol–water partition coefficient (Wildman–Crippen LogP) is 4.29. The summed E-state index contributed by atoms with van der Waals surface area (Å²) < 4.78 is 23.7. The third-order valence-electron chi connectivity index (χ3n) is 5.68. The topological polar surface area (TPSA) is 104 Å². The molecule has 1 atom stereocenters. The molecule has 0 unspecified atom stereocenters. The fourth-order valence-electron chi connectivity index (χ4n) is 3.96. The van der Waals surface area contributed by atoms with Crippen LogP contribution in [0.15, 0.2) is 29.1 Å². The van der Waals surface area contributed by atoms with Gasteiger partial charge in [-0.2, -0.15) is 4.68 Å². The quantitative estimate of drug-likeness (QED) is 0.479. The van der Waals surface area contributed by atoms with E-state index in [0.717, 1.165) is 34.7 Å². The summed E-state index contributed by atoms with van der Waals surface area (Å²) in [7, 11) is 1.58. The number of hydrogen-bond donors (Lipinski definition) is 2. The number of aryl methyl sites for hydroxylation is 3. The van der Waals surface area contributed by atoms with Gasteiger partial charge in [-0.15, -0.1) is 5.10 Å². The zero-order chi connectivity index (χ0) is 25.2. The number of carbonyl (C=O) groups is 1. The van der Waals surface area contributed by atoms with E-state index < -0.39 is 17.4 Å². The minimum Gasteiger partial charge on any atom is -0.490 e. The molecule has 0 aliphatic carbocycles. The SMILES string of the molecule is CCC[C@H](C)Oc1cc(-n2nc(CC)n(C)c2=O)c(F)cc1C(=O)Nc1c(C)cc(C)cc1N. The van der Waals surface area contributed by atoms with Crippen molar-refractivity contribution in [1.29, 1.82) is 0 Å². The van der Waals surface area contributed by atoms with Gasteiger partial charge in [-0.1, -0.05) is 26.3 Å². The Morgan fingerprint density at radius 2 is 1.94 bits per heavy atom. The largest absolute Gasteiger partial charge is 0.490 e. The lowest BCUT2D eigenvalue weighted by molar-refractivity contribution is 0.101. The molecule has 3 aromatic rings. The first kappa shape index (κ1) is 25.0. The second-order valence-electron chi connectivity index (χ2n) is 8.54. The summed E-state index contributed by atoms with van der Waals surface area (Å²) in [5, 5.41) is 7.03. The summed E-state index contributed by atoms with van der Waals surface area (Å²) >= 11 is 0. The Bertz CT molecular complexity index is 1260. The second-order valence-corrected chi connectivity index (χ2v) is 8.54. The number of carbonyl (C=O) groups excluding carboxylic acids is 1. The fraction of sp³-hybridized carbons (Fsp3) is 0.400. The lowest BCUT2D eigenvalue weighted by Crippen LogP contribution is -2.24. The van der Waals surface area contributed by atoms with Gasteiger partial charge in [0.05, 0.1) is 23.0 Å². The Labute approximate surface area is 198 Å². The zero-order valence-corrected chi connectivity index (χ0v) is 20.5. The smallest absolute Gasteiger partial charge is 0.350 e. The number of nitrogens with zero attached hydrogens (tertiary/aromatic N) is 3. The van der Waals surface area contributed by atoms with Gasteiger partial charge in [-0.05, 0) is 50.5 Å². The number of ether oxygens (including phenoxy) is 1. The maximum atomic E-state index is 15.3. The summed E-state index contributed by atoms with van der Waals surface area (Å²) in [4.78, 5) is 25.9. The average Bonchev–Trinajstić information content (AvgIpc) is 3.05. The number of halogens is 1. The number of aromatic nitrogens is 3. The molecular formula is C25H32FN5O3. The number of nitrogen functional groups attached to an aromatic ring is 1. The van der Waals surface area contributed by atoms with Gasteiger partial charge < -0.3 is 15.8 Å². The number of nitrogens with two attached hydrogens (primary N) is 1. The van der Waals surface area contributed by atoms with Gasteiger partial charge in [0.25, 0.3) is 5.91 Å². The molecule has 0 bridgehead atoms. The van der Waals surface area contributed by atoms with Crippen molar-refractivity contribution in [3.05, 3.63) is 63.1 Å². The van der Waals surface area contributed by atoms with Gasteiger partial charge >= 0.3 is 5.69 Å². The van der Waals surface area contributed by atoms with Crippen molar-refractivity contribution in [3.8, 4) is 11.4 Å². The molecule has 0 aliphatic heterocycles. The predicted molar refractivity (Wildman–Crippen MR) is 131 cm³/mol. The van der Waals surface area contributed by atoms with Gasteiger partial charge in [-0.3, -0.25) is 9.36 Å². The molecule has 182 valence electrons. The monoisotopic (exact) mass is 469 g/mol. The van der Waals surface area contributed by atoms with Gasteiger partial charge in [0.1, 0.15) is 23.1 Å². The lowest BCUT2D eigenvalue weighted by Gasteiger charge is -2.19. The average molecular weight is 470 g/mol. The van der Waals surface area contributed by atoms with Crippen LogP contribution in [0, 0.1) is 19.7 Å². The molecule has 1 amide bonds. The number of rotatable bonds is 8. The van der Waals surface area contributed by atoms with E-state index in [2.05, 4.69) is 10.4 Å². The van der Waals surface area contributed by atoms with Crippen molar-refractivity contribution >= 4 is 17.3 Å². The maximum absolute atomic E-state index is 15.3. The summed E-state index contributed by atoms with van der Waals surface area (Å²) in [5.41, 5.74) is 8.18. The molecule has 1 heterocycles. The van der Waals surface area contributed by atoms with Crippen LogP contribution >= 0.6 is 0 Å². The van der Waals surface area contributed by atoms with Crippen molar-refractivity contribution in [2.75, 3.05) is 11.1 Å². The Morgan fingerprint density at radius 3 is 2.53 bits per heavy atom. The van der Waals surface area contributed by atoms with E-state index in [4.69, 9.17) is 10.5 Å². The van der Waals surface area contributed by atoms with E-state index in [-0.39, 0.29) is 23.1 Å². The minimum absolute atomic E-state index is 0.00303. The van der Waals surface area contributed by atoms with Crippen molar-refractivity contribution in [1.82, 2.24) is 14.3 Å². The Kier molecular flexibility index (Phi) is 7.44. The summed E-state index contributed by atoms with van der Waals surface area (Å²) in [6.45, 7) is 9.50. The maximum Gasteiger partial charge on any atom is 0.350 e. The second kappa shape index (κ2) is 10.1. The lowest BCUT2D eigenvalue weighted by atomic mass is 10.1. The Hall–Kier alpha value is -3.62. The molecule has 3 N–H and O–H groups in total. The van der Waals surface area contributed by atoms with E-state index in [1.165, 1.54) is 10.6 Å². The van der Waals surface area contributed by atoms with Crippen molar-refractivity contribution < 1.29 is 13.9 Å². The molecule has 2 aromatic carbocycles. The molecular weight excluding hydrogens is 437 g/mol. The highest BCUT2D eigenvalue weighted by Gasteiger charge is 2.23. The summed E-state index contributed by atoms with van der Waals surface area (Å²) in [6.07, 6.45) is 1.89. The molecule has 0 saturated heterocycles. The molecule has 0 spiro atoms. The number of hydrogen-bond acceptors (Lipinski definition) is 5. The highest BCUT2D eigenvalue weighted by Crippen LogP contribution is 2.30. The minimum atomic E-state index is -0.767. The number of anilines is 2. The highest BCUT2D eigenvalue weighted by molar-refractivity contribution is 6.08. The Balaban J connectivity index is 2.10. The Morgan fingerprint density at radius 1 is 1.24 bits per heavy atom. The van der Waals surface area contributed by atoms with Crippen LogP contribution in [-0.2, 0) is 13.5 Å². The van der Waals surface area contributed by atoms with Crippen LogP contribution in [0.3, 0.4) is 0 Å². The highest BCUT2D eigenvalue weighted by atomic mass is 19.1. The molecule has 34 heavy (non-hydrogen) atoms. The van der Waals surface area contributed by atoms with E-state index in [1.54, 1.807) is 13.1 Å². The molecule has 0 saturated carbocycles. The molecule has 1 aromatic heterocycles. The van der Waals surface area contributed by atoms with Gasteiger partial charge in [0, 0.05) is 19.5 Å².